The van der Waals surface area contributed by atoms with Gasteiger partial charge in [0, 0.05) is 17.5 Å². The van der Waals surface area contributed by atoms with Crippen molar-refractivity contribution in [1.29, 1.82) is 0 Å². The van der Waals surface area contributed by atoms with Gasteiger partial charge in [-0.05, 0) is 26.0 Å². The van der Waals surface area contributed by atoms with Crippen molar-refractivity contribution in [1.82, 2.24) is 9.97 Å². The molecule has 8 nitrogen and oxygen atoms in total. The molecule has 1 aromatic heterocycles. The van der Waals surface area contributed by atoms with Crippen molar-refractivity contribution in [3.63, 3.8) is 0 Å². The molecule has 1 aliphatic rings. The molecule has 0 aliphatic carbocycles. The highest BCUT2D eigenvalue weighted by Crippen LogP contribution is 2.37. The van der Waals surface area contributed by atoms with Crippen LogP contribution in [0.3, 0.4) is 0 Å². The zero-order chi connectivity index (χ0) is 17.4. The standard InChI is InChI=1S/C15H14N4O4S/c1-9-7-10(2)17-15(16-9)18-13(20)8-24(23)14(18)11-5-3-4-6-12(11)19(21)22/h3-7,14H,8H2,1-2H3. The SMILES string of the molecule is Cc1cc(C)nc(N2C(=O)CS(=O)C2c2ccccc2[N+](=O)[O-])n1. The Morgan fingerprint density at radius 1 is 1.25 bits per heavy atom. The van der Waals surface area contributed by atoms with Crippen molar-refractivity contribution >= 4 is 28.3 Å². The van der Waals surface area contributed by atoms with Crippen molar-refractivity contribution < 1.29 is 13.9 Å². The summed E-state index contributed by atoms with van der Waals surface area (Å²) in [6.45, 7) is 3.52. The lowest BCUT2D eigenvalue weighted by atomic mass is 10.1. The van der Waals surface area contributed by atoms with Gasteiger partial charge in [0.2, 0.25) is 11.9 Å². The van der Waals surface area contributed by atoms with E-state index in [-0.39, 0.29) is 23.0 Å². The third-order valence-electron chi connectivity index (χ3n) is 3.60. The van der Waals surface area contributed by atoms with Gasteiger partial charge < -0.3 is 0 Å². The average molecular weight is 346 g/mol. The number of hydrogen-bond donors (Lipinski definition) is 0. The molecule has 9 heteroatoms. The maximum atomic E-state index is 12.5. The molecule has 1 fully saturated rings. The van der Waals surface area contributed by atoms with Crippen LogP contribution in [0.25, 0.3) is 0 Å². The summed E-state index contributed by atoms with van der Waals surface area (Å²) in [5, 5.41) is 10.3. The lowest BCUT2D eigenvalue weighted by molar-refractivity contribution is -0.385. The van der Waals surface area contributed by atoms with Gasteiger partial charge >= 0.3 is 0 Å². The van der Waals surface area contributed by atoms with E-state index < -0.39 is 27.0 Å². The Kier molecular flexibility index (Phi) is 4.10. The Morgan fingerprint density at radius 3 is 2.50 bits per heavy atom. The zero-order valence-corrected chi connectivity index (χ0v) is 13.8. The van der Waals surface area contributed by atoms with Crippen molar-refractivity contribution in [3.8, 4) is 0 Å². The quantitative estimate of drug-likeness (QED) is 0.619. The summed E-state index contributed by atoms with van der Waals surface area (Å²) in [7, 11) is -1.62. The molecule has 0 radical (unpaired) electrons. The van der Waals surface area contributed by atoms with E-state index in [2.05, 4.69) is 9.97 Å². The van der Waals surface area contributed by atoms with Crippen LogP contribution < -0.4 is 4.90 Å². The third kappa shape index (κ3) is 2.78. The molecule has 0 bridgehead atoms. The Labute approximate surface area is 140 Å². The van der Waals surface area contributed by atoms with Crippen molar-refractivity contribution in [3.05, 3.63) is 57.4 Å². The highest BCUT2D eigenvalue weighted by atomic mass is 32.2. The van der Waals surface area contributed by atoms with Crippen LogP contribution in [0.4, 0.5) is 11.6 Å². The molecule has 2 aromatic rings. The summed E-state index contributed by atoms with van der Waals surface area (Å²) in [6.07, 6.45) is 0. The Hall–Kier alpha value is -2.68. The van der Waals surface area contributed by atoms with Gasteiger partial charge in [-0.15, -0.1) is 0 Å². The zero-order valence-electron chi connectivity index (χ0n) is 13.0. The summed E-state index contributed by atoms with van der Waals surface area (Å²) in [6, 6.07) is 7.73. The number of carbonyl (C=O) groups is 1. The molecule has 3 rings (SSSR count). The molecule has 2 heterocycles. The normalized spacial score (nSPS) is 20.4. The number of nitrogens with zero attached hydrogens (tertiary/aromatic N) is 4. The molecule has 1 saturated heterocycles. The molecule has 2 unspecified atom stereocenters. The smallest absolute Gasteiger partial charge is 0.273 e. The Morgan fingerprint density at radius 2 is 1.88 bits per heavy atom. The molecule has 24 heavy (non-hydrogen) atoms. The van der Waals surface area contributed by atoms with E-state index in [1.54, 1.807) is 26.0 Å². The number of anilines is 1. The van der Waals surface area contributed by atoms with E-state index >= 15 is 0 Å². The van der Waals surface area contributed by atoms with Gasteiger partial charge in [-0.25, -0.2) is 9.97 Å². The second-order valence-corrected chi connectivity index (χ2v) is 6.90. The largest absolute Gasteiger partial charge is 0.275 e. The molecule has 124 valence electrons. The summed E-state index contributed by atoms with van der Waals surface area (Å²) in [4.78, 5) is 32.8. The summed E-state index contributed by atoms with van der Waals surface area (Å²) in [5.74, 6) is -0.513. The van der Waals surface area contributed by atoms with Gasteiger partial charge in [0.1, 0.15) is 11.1 Å². The maximum absolute atomic E-state index is 12.5. The fourth-order valence-electron chi connectivity index (χ4n) is 2.69. The second kappa shape index (κ2) is 6.08. The predicted molar refractivity (Wildman–Crippen MR) is 87.8 cm³/mol. The van der Waals surface area contributed by atoms with Gasteiger partial charge in [-0.3, -0.25) is 24.0 Å². The fourth-order valence-corrected chi connectivity index (χ4v) is 4.16. The van der Waals surface area contributed by atoms with Gasteiger partial charge in [0.25, 0.3) is 5.69 Å². The minimum absolute atomic E-state index is 0.117. The lowest BCUT2D eigenvalue weighted by Gasteiger charge is -2.22. The first-order valence-corrected chi connectivity index (χ1v) is 8.51. The van der Waals surface area contributed by atoms with Crippen molar-refractivity contribution in [2.24, 2.45) is 0 Å². The van der Waals surface area contributed by atoms with E-state index in [1.165, 1.54) is 23.1 Å². The van der Waals surface area contributed by atoms with Crippen LogP contribution >= 0.6 is 0 Å². The van der Waals surface area contributed by atoms with Crippen LogP contribution in [-0.2, 0) is 15.6 Å². The van der Waals surface area contributed by atoms with Gasteiger partial charge in [-0.1, -0.05) is 12.1 Å². The highest BCUT2D eigenvalue weighted by Gasteiger charge is 2.43. The van der Waals surface area contributed by atoms with E-state index in [9.17, 15) is 19.1 Å². The number of benzene rings is 1. The van der Waals surface area contributed by atoms with E-state index in [1.807, 2.05) is 0 Å². The van der Waals surface area contributed by atoms with Crippen LogP contribution in [0.5, 0.6) is 0 Å². The summed E-state index contributed by atoms with van der Waals surface area (Å²) in [5.41, 5.74) is 1.35. The number of nitro benzene ring substituents is 1. The van der Waals surface area contributed by atoms with Crippen LogP contribution in [0, 0.1) is 24.0 Å². The van der Waals surface area contributed by atoms with Gasteiger partial charge in [-0.2, -0.15) is 0 Å². The molecule has 0 spiro atoms. The molecule has 2 atom stereocenters. The number of rotatable bonds is 3. The van der Waals surface area contributed by atoms with Crippen LogP contribution in [0.1, 0.15) is 22.3 Å². The maximum Gasteiger partial charge on any atom is 0.275 e. The topological polar surface area (TPSA) is 106 Å². The number of para-hydroxylation sites is 1. The van der Waals surface area contributed by atoms with Gasteiger partial charge in [0.05, 0.1) is 21.3 Å². The number of nitro groups is 1. The number of carbonyl (C=O) groups excluding carboxylic acids is 1. The second-order valence-electron chi connectivity index (χ2n) is 5.41. The monoisotopic (exact) mass is 346 g/mol. The number of aromatic nitrogens is 2. The molecular formula is C15H14N4O4S. The van der Waals surface area contributed by atoms with Crippen molar-refractivity contribution in [2.75, 3.05) is 10.7 Å². The Balaban J connectivity index is 2.16. The first-order valence-electron chi connectivity index (χ1n) is 7.13. The van der Waals surface area contributed by atoms with Crippen LogP contribution in [0.15, 0.2) is 30.3 Å². The number of aryl methyl sites for hydroxylation is 2. The molecular weight excluding hydrogens is 332 g/mol. The first kappa shape index (κ1) is 16.2. The summed E-state index contributed by atoms with van der Waals surface area (Å²) < 4.78 is 12.5. The minimum Gasteiger partial charge on any atom is -0.273 e. The lowest BCUT2D eigenvalue weighted by Crippen LogP contribution is -2.31. The minimum atomic E-state index is -1.62. The summed E-state index contributed by atoms with van der Waals surface area (Å²) >= 11 is 0. The fraction of sp³-hybridized carbons (Fsp3) is 0.267. The number of hydrogen-bond acceptors (Lipinski definition) is 6. The predicted octanol–water partition coefficient (Wildman–Crippen LogP) is 1.80. The average Bonchev–Trinajstić information content (AvgIpc) is 2.80. The van der Waals surface area contributed by atoms with E-state index in [0.29, 0.717) is 11.4 Å². The Bertz CT molecular complexity index is 850. The highest BCUT2D eigenvalue weighted by molar-refractivity contribution is 7.86. The molecule has 1 aromatic carbocycles. The van der Waals surface area contributed by atoms with Crippen LogP contribution in [-0.4, -0.2) is 30.8 Å². The van der Waals surface area contributed by atoms with Gasteiger partial charge in [0.15, 0.2) is 0 Å². The molecule has 0 saturated carbocycles. The third-order valence-corrected chi connectivity index (χ3v) is 5.10. The molecule has 0 N–H and O–H groups in total. The van der Waals surface area contributed by atoms with E-state index in [0.717, 1.165) is 0 Å². The first-order chi connectivity index (χ1) is 11.4. The van der Waals surface area contributed by atoms with E-state index in [4.69, 9.17) is 0 Å². The van der Waals surface area contributed by atoms with Crippen LogP contribution in [0.2, 0.25) is 0 Å². The molecule has 1 aliphatic heterocycles. The molecule has 1 amide bonds. The van der Waals surface area contributed by atoms with Crippen molar-refractivity contribution in [2.45, 2.75) is 19.2 Å². The number of amides is 1.